The van der Waals surface area contributed by atoms with Gasteiger partial charge in [0.1, 0.15) is 17.0 Å². The first kappa shape index (κ1) is 21.0. The number of carbonyl (C=O) groups excluding carboxylic acids is 3. The van der Waals surface area contributed by atoms with Crippen LogP contribution in [0.5, 0.6) is 0 Å². The van der Waals surface area contributed by atoms with Crippen LogP contribution < -0.4 is 10.6 Å². The first-order chi connectivity index (χ1) is 16.0. The molecule has 1 aliphatic carbocycles. The minimum atomic E-state index is -1.08. The number of amides is 3. The van der Waals surface area contributed by atoms with Gasteiger partial charge in [-0.3, -0.25) is 14.4 Å². The van der Waals surface area contributed by atoms with Crippen molar-refractivity contribution >= 4 is 17.7 Å². The maximum atomic E-state index is 13.6. The molecule has 2 N–H and O–H groups in total. The van der Waals surface area contributed by atoms with Crippen LogP contribution in [0.25, 0.3) is 0 Å². The highest BCUT2D eigenvalue weighted by Gasteiger charge is 2.53. The van der Waals surface area contributed by atoms with Gasteiger partial charge >= 0.3 is 0 Å². The second kappa shape index (κ2) is 8.23. The number of aromatic nitrogens is 2. The molecule has 1 aromatic carbocycles. The van der Waals surface area contributed by atoms with Gasteiger partial charge in [0.15, 0.2) is 5.69 Å². The predicted octanol–water partition coefficient (Wildman–Crippen LogP) is 2.10. The van der Waals surface area contributed by atoms with Crippen molar-refractivity contribution in [2.75, 3.05) is 0 Å². The topological polar surface area (TPSA) is 109 Å². The van der Waals surface area contributed by atoms with E-state index in [4.69, 9.17) is 4.42 Å². The summed E-state index contributed by atoms with van der Waals surface area (Å²) in [6, 6.07) is 13.1. The van der Waals surface area contributed by atoms with E-state index < -0.39 is 11.4 Å². The molecule has 0 radical (unpaired) electrons. The zero-order valence-electron chi connectivity index (χ0n) is 18.3. The Hall–Kier alpha value is -3.88. The maximum absolute atomic E-state index is 13.6. The SMILES string of the molecule is C[C@@]1(C(=O)NCc2ccccc2)Cn2cnc(C(=O)NCc3ccco3)c2C(=O)N1C1CC1. The molecule has 33 heavy (non-hydrogen) atoms. The lowest BCUT2D eigenvalue weighted by molar-refractivity contribution is -0.133. The van der Waals surface area contributed by atoms with Crippen LogP contribution >= 0.6 is 0 Å². The smallest absolute Gasteiger partial charge is 0.274 e. The molecule has 0 unspecified atom stereocenters. The molecular weight excluding hydrogens is 422 g/mol. The summed E-state index contributed by atoms with van der Waals surface area (Å²) >= 11 is 0. The summed E-state index contributed by atoms with van der Waals surface area (Å²) in [5.74, 6) is -0.428. The second-order valence-electron chi connectivity index (χ2n) is 8.68. The average molecular weight is 447 g/mol. The monoisotopic (exact) mass is 447 g/mol. The Morgan fingerprint density at radius 1 is 1.12 bits per heavy atom. The van der Waals surface area contributed by atoms with E-state index in [2.05, 4.69) is 15.6 Å². The number of imidazole rings is 1. The van der Waals surface area contributed by atoms with Gasteiger partial charge in [-0.25, -0.2) is 4.98 Å². The Bertz CT molecular complexity index is 1180. The van der Waals surface area contributed by atoms with Gasteiger partial charge in [0.05, 0.1) is 25.7 Å². The van der Waals surface area contributed by atoms with Gasteiger partial charge < -0.3 is 24.5 Å². The number of benzene rings is 1. The summed E-state index contributed by atoms with van der Waals surface area (Å²) < 4.78 is 6.86. The minimum absolute atomic E-state index is 0.0207. The highest BCUT2D eigenvalue weighted by Crippen LogP contribution is 2.38. The number of carbonyl (C=O) groups is 3. The quantitative estimate of drug-likeness (QED) is 0.577. The molecule has 170 valence electrons. The van der Waals surface area contributed by atoms with E-state index in [9.17, 15) is 14.4 Å². The maximum Gasteiger partial charge on any atom is 0.274 e. The van der Waals surface area contributed by atoms with Crippen molar-refractivity contribution in [3.63, 3.8) is 0 Å². The Morgan fingerprint density at radius 3 is 2.61 bits per heavy atom. The largest absolute Gasteiger partial charge is 0.467 e. The molecule has 2 aromatic heterocycles. The summed E-state index contributed by atoms with van der Waals surface area (Å²) in [6.45, 7) is 2.57. The molecule has 9 nitrogen and oxygen atoms in total. The van der Waals surface area contributed by atoms with Crippen LogP contribution in [0.2, 0.25) is 0 Å². The van der Waals surface area contributed by atoms with Crippen molar-refractivity contribution in [2.24, 2.45) is 0 Å². The molecule has 0 spiro atoms. The lowest BCUT2D eigenvalue weighted by Gasteiger charge is -2.44. The van der Waals surface area contributed by atoms with Crippen molar-refractivity contribution in [1.29, 1.82) is 0 Å². The highest BCUT2D eigenvalue weighted by molar-refractivity contribution is 6.07. The number of nitrogens with one attached hydrogen (secondary N) is 2. The second-order valence-corrected chi connectivity index (χ2v) is 8.68. The summed E-state index contributed by atoms with van der Waals surface area (Å²) in [6.07, 6.45) is 4.66. The molecule has 2 aliphatic rings. The molecule has 0 saturated heterocycles. The van der Waals surface area contributed by atoms with Gasteiger partial charge in [-0.1, -0.05) is 30.3 Å². The number of hydrogen-bond acceptors (Lipinski definition) is 5. The minimum Gasteiger partial charge on any atom is -0.467 e. The predicted molar refractivity (Wildman–Crippen MR) is 118 cm³/mol. The fourth-order valence-electron chi connectivity index (χ4n) is 4.35. The molecular formula is C24H25N5O4. The molecule has 3 heterocycles. The summed E-state index contributed by atoms with van der Waals surface area (Å²) in [5.41, 5.74) is 0.173. The van der Waals surface area contributed by atoms with Gasteiger partial charge in [-0.05, 0) is 37.5 Å². The van der Waals surface area contributed by atoms with Gasteiger partial charge in [0.2, 0.25) is 5.91 Å². The zero-order valence-corrected chi connectivity index (χ0v) is 18.3. The third kappa shape index (κ3) is 3.90. The fourth-order valence-corrected chi connectivity index (χ4v) is 4.35. The molecule has 1 fully saturated rings. The van der Waals surface area contributed by atoms with Gasteiger partial charge in [0, 0.05) is 12.6 Å². The number of nitrogens with zero attached hydrogens (tertiary/aromatic N) is 3. The Kier molecular flexibility index (Phi) is 5.24. The third-order valence-electron chi connectivity index (χ3n) is 6.18. The van der Waals surface area contributed by atoms with Crippen molar-refractivity contribution in [2.45, 2.75) is 51.0 Å². The van der Waals surface area contributed by atoms with E-state index >= 15 is 0 Å². The van der Waals surface area contributed by atoms with Crippen molar-refractivity contribution in [1.82, 2.24) is 25.1 Å². The number of rotatable bonds is 7. The molecule has 1 atom stereocenters. The average Bonchev–Trinajstić information content (AvgIpc) is 3.32. The first-order valence-corrected chi connectivity index (χ1v) is 11.0. The summed E-state index contributed by atoms with van der Waals surface area (Å²) in [4.78, 5) is 45.6. The Morgan fingerprint density at radius 2 is 1.91 bits per heavy atom. The number of hydrogen-bond donors (Lipinski definition) is 2. The van der Waals surface area contributed by atoms with Gasteiger partial charge in [-0.2, -0.15) is 0 Å². The van der Waals surface area contributed by atoms with Crippen LogP contribution in [-0.2, 0) is 24.4 Å². The fraction of sp³-hybridized carbons (Fsp3) is 0.333. The van der Waals surface area contributed by atoms with Gasteiger partial charge in [0.25, 0.3) is 11.8 Å². The van der Waals surface area contributed by atoms with Crippen LogP contribution in [-0.4, -0.2) is 43.8 Å². The summed E-state index contributed by atoms with van der Waals surface area (Å²) in [7, 11) is 0. The number of fused-ring (bicyclic) bond motifs is 1. The molecule has 5 rings (SSSR count). The third-order valence-corrected chi connectivity index (χ3v) is 6.18. The lowest BCUT2D eigenvalue weighted by Crippen LogP contribution is -2.64. The first-order valence-electron chi connectivity index (χ1n) is 11.0. The van der Waals surface area contributed by atoms with E-state index in [1.54, 1.807) is 28.5 Å². The highest BCUT2D eigenvalue weighted by atomic mass is 16.3. The van der Waals surface area contributed by atoms with E-state index in [1.807, 2.05) is 30.3 Å². The van der Waals surface area contributed by atoms with Crippen molar-refractivity contribution < 1.29 is 18.8 Å². The normalized spacial score (nSPS) is 19.8. The van der Waals surface area contributed by atoms with Crippen LogP contribution in [0.15, 0.2) is 59.5 Å². The lowest BCUT2D eigenvalue weighted by atomic mass is 9.93. The molecule has 3 aromatic rings. The molecule has 3 amide bonds. The van der Waals surface area contributed by atoms with Crippen molar-refractivity contribution in [3.8, 4) is 0 Å². The van der Waals surface area contributed by atoms with E-state index in [-0.39, 0.29) is 42.3 Å². The Labute approximate surface area is 190 Å². The van der Waals surface area contributed by atoms with Crippen LogP contribution in [0, 0.1) is 0 Å². The van der Waals surface area contributed by atoms with E-state index in [0.29, 0.717) is 12.3 Å². The van der Waals surface area contributed by atoms with Crippen LogP contribution in [0.4, 0.5) is 0 Å². The van der Waals surface area contributed by atoms with Crippen LogP contribution in [0.1, 0.15) is 52.1 Å². The number of furan rings is 1. The van der Waals surface area contributed by atoms with Gasteiger partial charge in [-0.15, -0.1) is 0 Å². The van der Waals surface area contributed by atoms with Crippen LogP contribution in [0.3, 0.4) is 0 Å². The summed E-state index contributed by atoms with van der Waals surface area (Å²) in [5, 5.41) is 5.72. The molecule has 0 bridgehead atoms. The standard InChI is InChI=1S/C24H25N5O4/c1-24(23(32)26-12-16-6-3-2-4-7-16)14-28-15-27-19(20(28)22(31)29(24)17-9-10-17)21(30)25-13-18-8-5-11-33-18/h2-8,11,15,17H,9-10,12-14H2,1H3,(H,25,30)(H,26,32)/t24-/m0/s1. The molecule has 1 saturated carbocycles. The van der Waals surface area contributed by atoms with E-state index in [0.717, 1.165) is 18.4 Å². The Balaban J connectivity index is 1.38. The van der Waals surface area contributed by atoms with Crippen molar-refractivity contribution in [3.05, 3.63) is 77.8 Å². The van der Waals surface area contributed by atoms with E-state index in [1.165, 1.54) is 12.6 Å². The molecule has 9 heteroatoms. The molecule has 1 aliphatic heterocycles. The zero-order chi connectivity index (χ0) is 23.0.